The quantitative estimate of drug-likeness (QED) is 0.413. The number of aliphatic carboxylic acids is 1. The van der Waals surface area contributed by atoms with Crippen molar-refractivity contribution in [1.82, 2.24) is 9.88 Å². The molecule has 0 fully saturated rings. The van der Waals surface area contributed by atoms with E-state index in [0.29, 0.717) is 41.0 Å². The number of hydrogen-bond donors (Lipinski definition) is 1. The van der Waals surface area contributed by atoms with Crippen LogP contribution in [0, 0.1) is 17.5 Å². The maximum atomic E-state index is 14.0. The maximum absolute atomic E-state index is 14.0. The highest BCUT2D eigenvalue weighted by Crippen LogP contribution is 2.34. The zero-order valence-electron chi connectivity index (χ0n) is 15.4. The molecule has 9 heteroatoms. The molecule has 0 spiro atoms. The molecule has 2 aromatic carbocycles. The van der Waals surface area contributed by atoms with Gasteiger partial charge in [0.15, 0.2) is 11.6 Å². The Balaban J connectivity index is 1.85. The van der Waals surface area contributed by atoms with Crippen molar-refractivity contribution in [3.8, 4) is 10.6 Å². The van der Waals surface area contributed by atoms with Crippen LogP contribution in [0.2, 0.25) is 0 Å². The smallest absolute Gasteiger partial charge is 0.323 e. The van der Waals surface area contributed by atoms with Crippen molar-refractivity contribution in [3.63, 3.8) is 0 Å². The lowest BCUT2D eigenvalue weighted by Gasteiger charge is -2.22. The average Bonchev–Trinajstić information content (AvgIpc) is 3.15. The van der Waals surface area contributed by atoms with E-state index < -0.39 is 23.4 Å². The molecule has 1 N–H and O–H groups in total. The average molecular weight is 438 g/mol. The fourth-order valence-corrected chi connectivity index (χ4v) is 4.03. The van der Waals surface area contributed by atoms with E-state index in [2.05, 4.69) is 4.98 Å². The van der Waals surface area contributed by atoms with Gasteiger partial charge in [0, 0.05) is 18.2 Å². The van der Waals surface area contributed by atoms with Crippen molar-refractivity contribution in [2.24, 2.45) is 0 Å². The minimum Gasteiger partial charge on any atom is -0.480 e. The van der Waals surface area contributed by atoms with Crippen LogP contribution in [-0.4, -0.2) is 39.0 Å². The Hall–Kier alpha value is -2.52. The normalized spacial score (nSPS) is 11.0. The lowest BCUT2D eigenvalue weighted by atomic mass is 10.1. The van der Waals surface area contributed by atoms with E-state index in [1.54, 1.807) is 17.0 Å². The summed E-state index contributed by atoms with van der Waals surface area (Å²) in [5.74, 6) is -4.25. The number of carboxylic acid groups (broad SMARTS) is 1. The third-order valence-corrected chi connectivity index (χ3v) is 6.00. The number of halogens is 3. The molecule has 0 radical (unpaired) electrons. The van der Waals surface area contributed by atoms with E-state index >= 15 is 0 Å². The van der Waals surface area contributed by atoms with Gasteiger partial charge >= 0.3 is 5.97 Å². The van der Waals surface area contributed by atoms with Crippen molar-refractivity contribution >= 4 is 44.7 Å². The number of benzene rings is 2. The molecule has 0 saturated carbocycles. The van der Waals surface area contributed by atoms with Crippen LogP contribution in [0.3, 0.4) is 0 Å². The van der Waals surface area contributed by atoms with Gasteiger partial charge < -0.3 is 10.0 Å². The van der Waals surface area contributed by atoms with E-state index in [1.807, 2.05) is 19.1 Å². The van der Waals surface area contributed by atoms with Crippen molar-refractivity contribution in [3.05, 3.63) is 53.3 Å². The standard InChI is InChI=1S/C20H17F3N2O2S2/c1-2-15(28)25(10-16(26)27)7-6-11-4-3-5-12(8-11)20-24-18-17(23)13(21)9-14(22)19(18)29-20/h3-5,8-9H,2,6-7,10H2,1H3,(H,26,27). The van der Waals surface area contributed by atoms with Crippen LogP contribution in [-0.2, 0) is 11.2 Å². The Kier molecular flexibility index (Phi) is 6.49. The topological polar surface area (TPSA) is 53.4 Å². The van der Waals surface area contributed by atoms with E-state index in [-0.39, 0.29) is 16.8 Å². The first-order chi connectivity index (χ1) is 13.8. The first kappa shape index (κ1) is 21.2. The maximum Gasteiger partial charge on any atom is 0.323 e. The SMILES string of the molecule is CCC(=S)N(CCc1cccc(-c2nc3c(F)c(F)cc(F)c3s2)c1)CC(=O)O. The van der Waals surface area contributed by atoms with Gasteiger partial charge in [0.2, 0.25) is 0 Å². The summed E-state index contributed by atoms with van der Waals surface area (Å²) in [4.78, 5) is 17.3. The van der Waals surface area contributed by atoms with E-state index in [9.17, 15) is 18.0 Å². The summed E-state index contributed by atoms with van der Waals surface area (Å²) < 4.78 is 41.3. The van der Waals surface area contributed by atoms with Gasteiger partial charge in [0.25, 0.3) is 0 Å². The monoisotopic (exact) mass is 438 g/mol. The number of carbonyl (C=O) groups is 1. The van der Waals surface area contributed by atoms with Gasteiger partial charge in [-0.25, -0.2) is 18.2 Å². The second-order valence-electron chi connectivity index (χ2n) is 6.36. The van der Waals surface area contributed by atoms with Crippen LogP contribution >= 0.6 is 23.6 Å². The summed E-state index contributed by atoms with van der Waals surface area (Å²) in [5, 5.41) is 9.43. The summed E-state index contributed by atoms with van der Waals surface area (Å²) in [7, 11) is 0. The lowest BCUT2D eigenvalue weighted by molar-refractivity contribution is -0.137. The molecule has 0 aliphatic heterocycles. The highest BCUT2D eigenvalue weighted by molar-refractivity contribution is 7.80. The lowest BCUT2D eigenvalue weighted by Crippen LogP contribution is -2.35. The minimum atomic E-state index is -1.27. The van der Waals surface area contributed by atoms with Crippen molar-refractivity contribution in [1.29, 1.82) is 0 Å². The zero-order valence-corrected chi connectivity index (χ0v) is 17.0. The Morgan fingerprint density at radius 2 is 2.00 bits per heavy atom. The number of aromatic nitrogens is 1. The van der Waals surface area contributed by atoms with Gasteiger partial charge in [0.1, 0.15) is 22.9 Å². The van der Waals surface area contributed by atoms with Crippen LogP contribution in [0.15, 0.2) is 30.3 Å². The molecular formula is C20H17F3N2O2S2. The predicted octanol–water partition coefficient (Wildman–Crippen LogP) is 5.05. The van der Waals surface area contributed by atoms with Crippen molar-refractivity contribution < 1.29 is 23.1 Å². The second kappa shape index (κ2) is 8.87. The van der Waals surface area contributed by atoms with Gasteiger partial charge in [-0.3, -0.25) is 4.79 Å². The Labute approximate surface area is 174 Å². The molecule has 0 bridgehead atoms. The molecule has 0 atom stereocenters. The summed E-state index contributed by atoms with van der Waals surface area (Å²) in [6.07, 6.45) is 1.10. The number of carboxylic acids is 1. The van der Waals surface area contributed by atoms with Gasteiger partial charge in [0.05, 0.1) is 9.69 Å². The van der Waals surface area contributed by atoms with Crippen LogP contribution in [0.4, 0.5) is 13.2 Å². The summed E-state index contributed by atoms with van der Waals surface area (Å²) in [6.45, 7) is 2.12. The molecule has 4 nitrogen and oxygen atoms in total. The third-order valence-electron chi connectivity index (χ3n) is 4.34. The molecule has 0 unspecified atom stereocenters. The minimum absolute atomic E-state index is 0.0368. The molecule has 3 rings (SSSR count). The van der Waals surface area contributed by atoms with Gasteiger partial charge in [-0.15, -0.1) is 11.3 Å². The number of fused-ring (bicyclic) bond motifs is 1. The number of rotatable bonds is 7. The van der Waals surface area contributed by atoms with Gasteiger partial charge in [-0.1, -0.05) is 37.3 Å². The Morgan fingerprint density at radius 3 is 2.69 bits per heavy atom. The molecule has 152 valence electrons. The zero-order chi connectivity index (χ0) is 21.1. The molecule has 0 amide bonds. The molecule has 1 aromatic heterocycles. The molecule has 3 aromatic rings. The van der Waals surface area contributed by atoms with Crippen molar-refractivity contribution in [2.75, 3.05) is 13.1 Å². The van der Waals surface area contributed by atoms with Crippen LogP contribution < -0.4 is 0 Å². The highest BCUT2D eigenvalue weighted by Gasteiger charge is 2.18. The first-order valence-corrected chi connectivity index (χ1v) is 10.1. The fourth-order valence-electron chi connectivity index (χ4n) is 2.91. The van der Waals surface area contributed by atoms with E-state index in [0.717, 1.165) is 16.9 Å². The van der Waals surface area contributed by atoms with Crippen LogP contribution in [0.25, 0.3) is 20.8 Å². The molecule has 0 aliphatic rings. The molecule has 0 aliphatic carbocycles. The summed E-state index contributed by atoms with van der Waals surface area (Å²) in [5.41, 5.74) is 1.21. The molecule has 0 saturated heterocycles. The Bertz CT molecular complexity index is 1090. The third kappa shape index (κ3) is 4.73. The molecular weight excluding hydrogens is 421 g/mol. The van der Waals surface area contributed by atoms with Crippen molar-refractivity contribution in [2.45, 2.75) is 19.8 Å². The van der Waals surface area contributed by atoms with Gasteiger partial charge in [-0.05, 0) is 24.5 Å². The molecule has 29 heavy (non-hydrogen) atoms. The Morgan fingerprint density at radius 1 is 1.24 bits per heavy atom. The first-order valence-electron chi connectivity index (χ1n) is 8.83. The fraction of sp³-hybridized carbons (Fsp3) is 0.250. The number of thiazole rings is 1. The van der Waals surface area contributed by atoms with E-state index in [1.165, 1.54) is 0 Å². The largest absolute Gasteiger partial charge is 0.480 e. The second-order valence-corrected chi connectivity index (χ2v) is 7.83. The molecule has 1 heterocycles. The highest BCUT2D eigenvalue weighted by atomic mass is 32.1. The van der Waals surface area contributed by atoms with E-state index in [4.69, 9.17) is 17.3 Å². The van der Waals surface area contributed by atoms with Gasteiger partial charge in [-0.2, -0.15) is 0 Å². The number of thiocarbonyl (C=S) groups is 1. The number of nitrogens with zero attached hydrogens (tertiary/aromatic N) is 2. The van der Waals surface area contributed by atoms with Crippen LogP contribution in [0.1, 0.15) is 18.9 Å². The summed E-state index contributed by atoms with van der Waals surface area (Å²) in [6, 6.07) is 7.73. The predicted molar refractivity (Wildman–Crippen MR) is 111 cm³/mol. The number of hydrogen-bond acceptors (Lipinski definition) is 4. The summed E-state index contributed by atoms with van der Waals surface area (Å²) >= 11 is 6.19. The van der Waals surface area contributed by atoms with Crippen LogP contribution in [0.5, 0.6) is 0 Å².